The first-order valence-electron chi connectivity index (χ1n) is 9.80. The predicted octanol–water partition coefficient (Wildman–Crippen LogP) is 3.14. The zero-order valence-electron chi connectivity index (χ0n) is 17.1. The average molecular weight is 464 g/mol. The lowest BCUT2D eigenvalue weighted by molar-refractivity contribution is -0.642. The van der Waals surface area contributed by atoms with Gasteiger partial charge in [-0.25, -0.2) is 4.39 Å². The minimum atomic E-state index is -0.286. The summed E-state index contributed by atoms with van der Waals surface area (Å²) in [6.45, 7) is 0. The molecule has 5 rings (SSSR count). The van der Waals surface area contributed by atoms with Crippen molar-refractivity contribution in [2.75, 3.05) is 12.4 Å². The van der Waals surface area contributed by atoms with Gasteiger partial charge in [-0.3, -0.25) is 0 Å². The Morgan fingerprint density at radius 2 is 1.59 bits per heavy atom. The Balaban J connectivity index is 0.00000245. The van der Waals surface area contributed by atoms with E-state index >= 15 is 0 Å². The number of aromatic nitrogens is 2. The van der Waals surface area contributed by atoms with Crippen LogP contribution in [0.15, 0.2) is 91.0 Å². The van der Waals surface area contributed by atoms with Gasteiger partial charge in [0.1, 0.15) is 17.1 Å². The quantitative estimate of drug-likeness (QED) is 0.407. The normalized spacial score (nSPS) is 10.6. The largest absolute Gasteiger partial charge is 1.00 e. The van der Waals surface area contributed by atoms with Gasteiger partial charge in [-0.15, -0.1) is 0 Å². The number of hydrogen-bond donors (Lipinski definition) is 1. The summed E-state index contributed by atoms with van der Waals surface area (Å²) >= 11 is 1.52. The molecule has 1 aromatic heterocycles. The maximum absolute atomic E-state index is 13.6. The van der Waals surface area contributed by atoms with Gasteiger partial charge in [0.15, 0.2) is 0 Å². The highest BCUT2D eigenvalue weighted by Gasteiger charge is 2.28. The summed E-state index contributed by atoms with van der Waals surface area (Å²) in [7, 11) is 1.67. The molecule has 32 heavy (non-hydrogen) atoms. The van der Waals surface area contributed by atoms with Crippen LogP contribution in [0.5, 0.6) is 5.75 Å². The molecule has 4 nitrogen and oxygen atoms in total. The number of anilines is 2. The summed E-state index contributed by atoms with van der Waals surface area (Å²) in [5.74, 6) is 0.468. The molecule has 0 amide bonds. The Labute approximate surface area is 195 Å². The fourth-order valence-corrected chi connectivity index (χ4v) is 4.56. The average Bonchev–Trinajstić information content (AvgIpc) is 3.22. The molecule has 160 valence electrons. The number of benzene rings is 4. The number of rotatable bonds is 5. The molecule has 0 saturated heterocycles. The van der Waals surface area contributed by atoms with E-state index in [4.69, 9.17) is 9.84 Å². The van der Waals surface area contributed by atoms with Gasteiger partial charge in [0.05, 0.1) is 7.11 Å². The molecule has 0 atom stereocenters. The lowest BCUT2D eigenvalue weighted by Crippen LogP contribution is -3.00. The summed E-state index contributed by atoms with van der Waals surface area (Å²) in [6.07, 6.45) is 0. The van der Waals surface area contributed by atoms with E-state index in [2.05, 4.69) is 17.4 Å². The monoisotopic (exact) mass is 463 g/mol. The summed E-state index contributed by atoms with van der Waals surface area (Å²) in [5.41, 5.74) is 2.66. The van der Waals surface area contributed by atoms with Crippen molar-refractivity contribution in [2.24, 2.45) is 0 Å². The second-order valence-corrected chi connectivity index (χ2v) is 7.93. The Morgan fingerprint density at radius 1 is 0.875 bits per heavy atom. The minimum Gasteiger partial charge on any atom is -1.00 e. The van der Waals surface area contributed by atoms with Crippen LogP contribution in [0, 0.1) is 5.82 Å². The van der Waals surface area contributed by atoms with Crippen molar-refractivity contribution < 1.29 is 26.2 Å². The zero-order valence-corrected chi connectivity index (χ0v) is 18.7. The fraction of sp³-hybridized carbons (Fsp3) is 0.0400. The van der Waals surface area contributed by atoms with E-state index in [-0.39, 0.29) is 18.2 Å². The predicted molar refractivity (Wildman–Crippen MR) is 123 cm³/mol. The highest BCUT2D eigenvalue weighted by atomic mass is 35.5. The first kappa shape index (κ1) is 21.7. The first-order chi connectivity index (χ1) is 15.2. The molecule has 0 unspecified atom stereocenters. The van der Waals surface area contributed by atoms with Gasteiger partial charge in [-0.1, -0.05) is 48.5 Å². The molecule has 0 aliphatic rings. The van der Waals surface area contributed by atoms with Crippen LogP contribution in [0.25, 0.3) is 27.0 Å². The highest BCUT2D eigenvalue weighted by Crippen LogP contribution is 2.39. The van der Waals surface area contributed by atoms with Crippen molar-refractivity contribution in [3.8, 4) is 22.0 Å². The molecule has 1 N–H and O–H groups in total. The SMILES string of the molecule is COc1ccc2ccccc2c1-c1sc(Nc2ccccc2)n[n+]1-c1ccc(F)cc1.[Cl-]. The first-order valence-corrected chi connectivity index (χ1v) is 10.6. The summed E-state index contributed by atoms with van der Waals surface area (Å²) in [6, 6.07) is 28.4. The number of fused-ring (bicyclic) bond motifs is 1. The van der Waals surface area contributed by atoms with Crippen molar-refractivity contribution in [1.82, 2.24) is 5.10 Å². The summed E-state index contributed by atoms with van der Waals surface area (Å²) in [5, 5.41) is 12.0. The van der Waals surface area contributed by atoms with E-state index in [1.165, 1.54) is 23.5 Å². The number of halogens is 2. The molecule has 7 heteroatoms. The molecule has 1 heterocycles. The maximum Gasteiger partial charge on any atom is 0.309 e. The molecule has 0 bridgehead atoms. The Bertz CT molecular complexity index is 1360. The fourth-order valence-electron chi connectivity index (χ4n) is 3.54. The number of para-hydroxylation sites is 1. The van der Waals surface area contributed by atoms with Crippen molar-refractivity contribution in [1.29, 1.82) is 0 Å². The van der Waals surface area contributed by atoms with E-state index in [1.807, 2.05) is 59.3 Å². The van der Waals surface area contributed by atoms with Crippen LogP contribution in [0.2, 0.25) is 0 Å². The van der Waals surface area contributed by atoms with Crippen LogP contribution in [0.1, 0.15) is 0 Å². The number of ether oxygens (including phenoxy) is 1. The Hall–Kier alpha value is -3.48. The van der Waals surface area contributed by atoms with E-state index in [0.29, 0.717) is 0 Å². The van der Waals surface area contributed by atoms with Crippen molar-refractivity contribution in [2.45, 2.75) is 0 Å². The highest BCUT2D eigenvalue weighted by molar-refractivity contribution is 7.18. The van der Waals surface area contributed by atoms with Crippen LogP contribution in [0.3, 0.4) is 0 Å². The molecule has 5 aromatic rings. The van der Waals surface area contributed by atoms with Gasteiger partial charge in [0.2, 0.25) is 5.69 Å². The van der Waals surface area contributed by atoms with Gasteiger partial charge < -0.3 is 22.5 Å². The van der Waals surface area contributed by atoms with Gasteiger partial charge in [-0.05, 0) is 51.7 Å². The molecule has 0 aliphatic carbocycles. The second-order valence-electron chi connectivity index (χ2n) is 6.96. The Morgan fingerprint density at radius 3 is 2.34 bits per heavy atom. The van der Waals surface area contributed by atoms with Gasteiger partial charge in [0.25, 0.3) is 5.13 Å². The number of methoxy groups -OCH3 is 1. The third-order valence-electron chi connectivity index (χ3n) is 5.00. The smallest absolute Gasteiger partial charge is 0.309 e. The standard InChI is InChI=1S/C25H19FN3OS.ClH/c1-30-22-16-11-17-7-5-6-10-21(17)23(22)24-29(20-14-12-18(26)13-15-20)28-25(31-24)27-19-8-3-2-4-9-19;/h2-16H,1H3,(H,27,28);1H/q+1;/p-1. The number of nitrogens with zero attached hydrogens (tertiary/aromatic N) is 2. The molecule has 4 aromatic carbocycles. The molecule has 0 radical (unpaired) electrons. The topological polar surface area (TPSA) is 38.0 Å². The molecule has 0 saturated carbocycles. The summed E-state index contributed by atoms with van der Waals surface area (Å²) < 4.78 is 21.1. The van der Waals surface area contributed by atoms with Crippen LogP contribution in [-0.4, -0.2) is 12.2 Å². The molecular weight excluding hydrogens is 445 g/mol. The summed E-state index contributed by atoms with van der Waals surface area (Å²) in [4.78, 5) is 0. The molecule has 0 aliphatic heterocycles. The molecule has 0 spiro atoms. The minimum absolute atomic E-state index is 0. The van der Waals surface area contributed by atoms with Crippen LogP contribution >= 0.6 is 11.3 Å². The van der Waals surface area contributed by atoms with Gasteiger partial charge in [0, 0.05) is 28.3 Å². The lowest BCUT2D eigenvalue weighted by Gasteiger charge is -2.08. The van der Waals surface area contributed by atoms with E-state index in [0.717, 1.165) is 43.6 Å². The van der Waals surface area contributed by atoms with Crippen LogP contribution in [-0.2, 0) is 0 Å². The molecule has 0 fully saturated rings. The second kappa shape index (κ2) is 9.34. The number of nitrogens with one attached hydrogen (secondary N) is 1. The third kappa shape index (κ3) is 4.15. The lowest BCUT2D eigenvalue weighted by atomic mass is 10.0. The van der Waals surface area contributed by atoms with Gasteiger partial charge >= 0.3 is 5.01 Å². The van der Waals surface area contributed by atoms with Gasteiger partial charge in [-0.2, -0.15) is 0 Å². The van der Waals surface area contributed by atoms with Crippen molar-refractivity contribution >= 4 is 32.9 Å². The van der Waals surface area contributed by atoms with Crippen LogP contribution < -0.4 is 27.1 Å². The zero-order chi connectivity index (χ0) is 21.2. The van der Waals surface area contributed by atoms with Crippen molar-refractivity contribution in [3.05, 3.63) is 96.8 Å². The van der Waals surface area contributed by atoms with E-state index in [1.54, 1.807) is 19.2 Å². The third-order valence-corrected chi connectivity index (χ3v) is 5.94. The number of hydrogen-bond acceptors (Lipinski definition) is 4. The van der Waals surface area contributed by atoms with Crippen molar-refractivity contribution in [3.63, 3.8) is 0 Å². The maximum atomic E-state index is 13.6. The van der Waals surface area contributed by atoms with E-state index in [9.17, 15) is 4.39 Å². The Kier molecular flexibility index (Phi) is 6.35. The molecular formula is C25H19ClFN3OS. The van der Waals surface area contributed by atoms with E-state index < -0.39 is 0 Å². The van der Waals surface area contributed by atoms with Crippen LogP contribution in [0.4, 0.5) is 15.2 Å².